The lowest BCUT2D eigenvalue weighted by atomic mass is 9.75. The van der Waals surface area contributed by atoms with Crippen LogP contribution < -0.4 is 10.6 Å². The molecule has 3 aromatic rings. The van der Waals surface area contributed by atoms with Gasteiger partial charge in [0.2, 0.25) is 0 Å². The average molecular weight is 749 g/mol. The molecule has 0 bridgehead atoms. The molecule has 0 spiro atoms. The molecule has 280 valence electrons. The number of hydrogen-bond donors (Lipinski definition) is 2. The molecule has 10 nitrogen and oxygen atoms in total. The van der Waals surface area contributed by atoms with E-state index in [-0.39, 0.29) is 6.09 Å². The molecule has 5 rings (SSSR count). The van der Waals surface area contributed by atoms with E-state index in [9.17, 15) is 14.4 Å². The highest BCUT2D eigenvalue weighted by atomic mass is 33.1. The lowest BCUT2D eigenvalue weighted by molar-refractivity contribution is 0.0545. The summed E-state index contributed by atoms with van der Waals surface area (Å²) in [7, 11) is 3.18. The number of carbonyl (C=O) groups excluding carboxylic acids is 3. The smallest absolute Gasteiger partial charge is 0.409 e. The second kappa shape index (κ2) is 21.0. The Morgan fingerprint density at radius 3 is 1.56 bits per heavy atom. The van der Waals surface area contributed by atoms with Gasteiger partial charge in [-0.2, -0.15) is 0 Å². The van der Waals surface area contributed by atoms with E-state index in [0.717, 1.165) is 25.7 Å². The first-order chi connectivity index (χ1) is 25.5. The summed E-state index contributed by atoms with van der Waals surface area (Å²) >= 11 is 0. The minimum atomic E-state index is -0.499. The monoisotopic (exact) mass is 748 g/mol. The molecule has 1 heterocycles. The highest BCUT2D eigenvalue weighted by Gasteiger charge is 2.43. The van der Waals surface area contributed by atoms with Gasteiger partial charge in [-0.3, -0.25) is 4.90 Å². The fourth-order valence-electron chi connectivity index (χ4n) is 7.33. The number of hydrogen-bond acceptors (Lipinski definition) is 9. The number of nitrogens with zero attached hydrogens (tertiary/aromatic N) is 2. The van der Waals surface area contributed by atoms with E-state index in [1.54, 1.807) is 33.4 Å². The largest absolute Gasteiger partial charge is 0.450 e. The zero-order chi connectivity index (χ0) is 36.4. The van der Waals surface area contributed by atoms with E-state index < -0.39 is 17.7 Å². The number of amides is 3. The maximum absolute atomic E-state index is 13.0. The minimum Gasteiger partial charge on any atom is -0.450 e. The lowest BCUT2D eigenvalue weighted by Crippen LogP contribution is -2.57. The van der Waals surface area contributed by atoms with Crippen molar-refractivity contribution in [3.63, 3.8) is 0 Å². The zero-order valence-corrected chi connectivity index (χ0v) is 31.7. The van der Waals surface area contributed by atoms with E-state index in [4.69, 9.17) is 14.2 Å². The Morgan fingerprint density at radius 1 is 0.654 bits per heavy atom. The van der Waals surface area contributed by atoms with Crippen molar-refractivity contribution < 1.29 is 28.6 Å². The maximum Gasteiger partial charge on any atom is 0.409 e. The first-order valence-corrected chi connectivity index (χ1v) is 20.9. The summed E-state index contributed by atoms with van der Waals surface area (Å²) < 4.78 is 16.0. The third-order valence-electron chi connectivity index (χ3n) is 9.82. The molecule has 1 saturated heterocycles. The molecule has 0 aromatic heterocycles. The van der Waals surface area contributed by atoms with Crippen LogP contribution >= 0.6 is 21.6 Å². The van der Waals surface area contributed by atoms with Crippen LogP contribution in [0.15, 0.2) is 91.0 Å². The van der Waals surface area contributed by atoms with Crippen molar-refractivity contribution in [2.45, 2.75) is 38.1 Å². The van der Waals surface area contributed by atoms with Crippen molar-refractivity contribution in [1.82, 2.24) is 20.4 Å². The summed E-state index contributed by atoms with van der Waals surface area (Å²) in [5.41, 5.74) is 3.08. The lowest BCUT2D eigenvalue weighted by Gasteiger charge is -2.48. The minimum absolute atomic E-state index is 0.285. The van der Waals surface area contributed by atoms with Crippen molar-refractivity contribution in [2.75, 3.05) is 70.6 Å². The average Bonchev–Trinajstić information content (AvgIpc) is 3.19. The Hall–Kier alpha value is -3.87. The van der Waals surface area contributed by atoms with Crippen molar-refractivity contribution in [3.05, 3.63) is 108 Å². The van der Waals surface area contributed by atoms with Gasteiger partial charge in [-0.05, 0) is 48.3 Å². The Balaban J connectivity index is 0.996. The first kappa shape index (κ1) is 39.3. The number of benzene rings is 3. The molecule has 52 heavy (non-hydrogen) atoms. The van der Waals surface area contributed by atoms with Gasteiger partial charge >= 0.3 is 18.3 Å². The molecule has 0 radical (unpaired) electrons. The van der Waals surface area contributed by atoms with Crippen LogP contribution in [0, 0.1) is 11.8 Å². The number of piperazine rings is 1. The molecule has 2 fully saturated rings. The molecule has 2 N–H and O–H groups in total. The molecule has 2 atom stereocenters. The molecule has 3 aromatic carbocycles. The predicted molar refractivity (Wildman–Crippen MR) is 208 cm³/mol. The van der Waals surface area contributed by atoms with E-state index >= 15 is 0 Å². The van der Waals surface area contributed by atoms with Crippen LogP contribution in [-0.4, -0.2) is 98.7 Å². The van der Waals surface area contributed by atoms with Crippen LogP contribution in [0.5, 0.6) is 0 Å². The fourth-order valence-corrected chi connectivity index (χ4v) is 8.99. The molecule has 1 saturated carbocycles. The van der Waals surface area contributed by atoms with Gasteiger partial charge in [0.15, 0.2) is 0 Å². The summed E-state index contributed by atoms with van der Waals surface area (Å²) in [6.07, 6.45) is 3.18. The Kier molecular flexibility index (Phi) is 15.9. The van der Waals surface area contributed by atoms with Gasteiger partial charge in [0.25, 0.3) is 0 Å². The van der Waals surface area contributed by atoms with E-state index in [2.05, 4.69) is 88.3 Å². The Morgan fingerprint density at radius 2 is 1.10 bits per heavy atom. The van der Waals surface area contributed by atoms with E-state index in [0.29, 0.717) is 82.4 Å². The van der Waals surface area contributed by atoms with Gasteiger partial charge in [-0.15, -0.1) is 0 Å². The molecule has 12 heteroatoms. The molecular weight excluding hydrogens is 697 g/mol. The Labute approximate surface area is 316 Å². The second-order valence-electron chi connectivity index (χ2n) is 13.0. The summed E-state index contributed by atoms with van der Waals surface area (Å²) in [4.78, 5) is 41.3. The van der Waals surface area contributed by atoms with E-state index in [1.807, 2.05) is 18.2 Å². The predicted octanol–water partition coefficient (Wildman–Crippen LogP) is 7.39. The van der Waals surface area contributed by atoms with Crippen LogP contribution in [0.4, 0.5) is 14.4 Å². The Bertz CT molecular complexity index is 1420. The molecule has 1 aliphatic carbocycles. The zero-order valence-electron chi connectivity index (χ0n) is 30.1. The molecule has 2 unspecified atom stereocenters. The number of nitrogens with one attached hydrogen (secondary N) is 2. The van der Waals surface area contributed by atoms with Gasteiger partial charge in [-0.25, -0.2) is 14.4 Å². The molecule has 1 aliphatic heterocycles. The molecule has 3 amide bonds. The van der Waals surface area contributed by atoms with Crippen LogP contribution in [0.2, 0.25) is 0 Å². The highest BCUT2D eigenvalue weighted by Crippen LogP contribution is 2.43. The SMILES string of the molecule is CCOC(=O)NCC1CCCCC1CNC(=O)OCCSSCCOC(=O)N1CCN(C(c2ccccc2)(c2ccccc2)c2ccccc2)CC1. The van der Waals surface area contributed by atoms with Crippen LogP contribution in [0.1, 0.15) is 49.3 Å². The molecule has 2 aliphatic rings. The van der Waals surface area contributed by atoms with Crippen molar-refractivity contribution in [2.24, 2.45) is 11.8 Å². The number of ether oxygens (including phenoxy) is 3. The van der Waals surface area contributed by atoms with Crippen molar-refractivity contribution in [3.8, 4) is 0 Å². The van der Waals surface area contributed by atoms with Gasteiger partial charge in [0.05, 0.1) is 12.1 Å². The van der Waals surface area contributed by atoms with Crippen LogP contribution in [-0.2, 0) is 19.7 Å². The number of rotatable bonds is 16. The number of alkyl carbamates (subject to hydrolysis) is 2. The van der Waals surface area contributed by atoms with Gasteiger partial charge in [0.1, 0.15) is 13.2 Å². The van der Waals surface area contributed by atoms with Gasteiger partial charge in [0, 0.05) is 50.8 Å². The highest BCUT2D eigenvalue weighted by molar-refractivity contribution is 8.76. The summed E-state index contributed by atoms with van der Waals surface area (Å²) in [6.45, 7) is 6.35. The third-order valence-corrected chi connectivity index (χ3v) is 12.2. The summed E-state index contributed by atoms with van der Waals surface area (Å²) in [5, 5.41) is 5.74. The third kappa shape index (κ3) is 10.8. The van der Waals surface area contributed by atoms with Gasteiger partial charge < -0.3 is 29.7 Å². The second-order valence-corrected chi connectivity index (χ2v) is 15.7. The van der Waals surface area contributed by atoms with E-state index in [1.165, 1.54) is 16.7 Å². The summed E-state index contributed by atoms with van der Waals surface area (Å²) in [6, 6.07) is 31.9. The normalized spacial score (nSPS) is 17.9. The molecular formula is C40H52N4O6S2. The maximum atomic E-state index is 13.0. The topological polar surface area (TPSA) is 109 Å². The van der Waals surface area contributed by atoms with Crippen LogP contribution in [0.25, 0.3) is 0 Å². The first-order valence-electron chi connectivity index (χ1n) is 18.4. The quantitative estimate of drug-likeness (QED) is 0.0671. The summed E-state index contributed by atoms with van der Waals surface area (Å²) in [5.74, 6) is 1.88. The fraction of sp³-hybridized carbons (Fsp3) is 0.475. The van der Waals surface area contributed by atoms with Crippen molar-refractivity contribution in [1.29, 1.82) is 0 Å². The standard InChI is InChI=1S/C40H52N4O6S2/c1-2-48-37(45)41-30-32-14-12-13-15-33(32)31-42-38(46)49-26-28-51-52-29-27-50-39(47)43-22-24-44(25-23-43)40(34-16-6-3-7-17-34,35-18-8-4-9-19-35)36-20-10-5-11-21-36/h3-11,16-21,32-33H,2,12-15,22-31H2,1H3,(H,41,45)(H,42,46). The van der Waals surface area contributed by atoms with Gasteiger partial charge in [-0.1, -0.05) is 125 Å². The van der Waals surface area contributed by atoms with Crippen LogP contribution in [0.3, 0.4) is 0 Å². The number of carbonyl (C=O) groups is 3. The van der Waals surface area contributed by atoms with Crippen molar-refractivity contribution >= 4 is 39.9 Å².